The van der Waals surface area contributed by atoms with Gasteiger partial charge >= 0.3 is 0 Å². The van der Waals surface area contributed by atoms with E-state index in [1.165, 1.54) is 12.1 Å². The van der Waals surface area contributed by atoms with E-state index in [4.69, 9.17) is 19.6 Å². The Bertz CT molecular complexity index is 1600. The lowest BCUT2D eigenvalue weighted by Gasteiger charge is -2.28. The standard InChI is InChI=1S/C26H27N5O5S/c1-35-16-18-2-7-21(37(27,33)34)15-22(18)23-14-17-8-9-28-26(32)24(17)25(30-23)29-19-3-5-20(6-4-19)31-10-12-36-13-11-31/h2-9,14-15H,10-13,16H2,1H3,(H,28,32)(H,29,30)(H2,27,33,34). The molecule has 4 aromatic rings. The molecule has 0 amide bonds. The number of aromatic amines is 1. The van der Waals surface area contributed by atoms with Gasteiger partial charge in [-0.25, -0.2) is 18.5 Å². The number of ether oxygens (including phenoxy) is 2. The van der Waals surface area contributed by atoms with Gasteiger partial charge in [-0.05, 0) is 59.5 Å². The summed E-state index contributed by atoms with van der Waals surface area (Å²) in [6.45, 7) is 3.29. The van der Waals surface area contributed by atoms with Crippen molar-refractivity contribution in [2.45, 2.75) is 11.5 Å². The van der Waals surface area contributed by atoms with Crippen LogP contribution < -0.4 is 20.9 Å². The molecular weight excluding hydrogens is 494 g/mol. The molecule has 37 heavy (non-hydrogen) atoms. The zero-order valence-electron chi connectivity index (χ0n) is 20.2. The Labute approximate surface area is 214 Å². The number of pyridine rings is 2. The van der Waals surface area contributed by atoms with Crippen LogP contribution in [0.3, 0.4) is 0 Å². The van der Waals surface area contributed by atoms with Crippen LogP contribution in [0.2, 0.25) is 0 Å². The van der Waals surface area contributed by atoms with E-state index in [-0.39, 0.29) is 17.1 Å². The zero-order chi connectivity index (χ0) is 26.0. The quantitative estimate of drug-likeness (QED) is 0.337. The molecular formula is C26H27N5O5S. The fourth-order valence-electron chi connectivity index (χ4n) is 4.41. The van der Waals surface area contributed by atoms with Crippen molar-refractivity contribution in [1.82, 2.24) is 9.97 Å². The average Bonchev–Trinajstić information content (AvgIpc) is 2.89. The van der Waals surface area contributed by atoms with E-state index in [1.54, 1.807) is 31.5 Å². The Hall–Kier alpha value is -3.77. The van der Waals surface area contributed by atoms with Gasteiger partial charge in [-0.15, -0.1) is 0 Å². The van der Waals surface area contributed by atoms with E-state index < -0.39 is 10.0 Å². The predicted molar refractivity (Wildman–Crippen MR) is 143 cm³/mol. The van der Waals surface area contributed by atoms with Gasteiger partial charge < -0.3 is 24.7 Å². The third kappa shape index (κ3) is 5.35. The van der Waals surface area contributed by atoms with Crippen LogP contribution in [0, 0.1) is 0 Å². The molecule has 0 radical (unpaired) electrons. The van der Waals surface area contributed by atoms with Crippen molar-refractivity contribution in [3.8, 4) is 11.3 Å². The molecule has 10 nitrogen and oxygen atoms in total. The van der Waals surface area contributed by atoms with E-state index >= 15 is 0 Å². The Morgan fingerprint density at radius 1 is 1.11 bits per heavy atom. The van der Waals surface area contributed by atoms with Crippen molar-refractivity contribution < 1.29 is 17.9 Å². The summed E-state index contributed by atoms with van der Waals surface area (Å²) < 4.78 is 34.8. The summed E-state index contributed by atoms with van der Waals surface area (Å²) in [5, 5.41) is 9.70. The van der Waals surface area contributed by atoms with Crippen LogP contribution >= 0.6 is 0 Å². The Kier molecular flexibility index (Phi) is 6.94. The number of rotatable bonds is 7. The van der Waals surface area contributed by atoms with Gasteiger partial charge in [0.25, 0.3) is 5.56 Å². The Morgan fingerprint density at radius 2 is 1.86 bits per heavy atom. The molecule has 0 atom stereocenters. The molecule has 1 aliphatic heterocycles. The highest BCUT2D eigenvalue weighted by atomic mass is 32.2. The fraction of sp³-hybridized carbons (Fsp3) is 0.231. The number of hydrogen-bond acceptors (Lipinski definition) is 8. The number of nitrogens with two attached hydrogens (primary N) is 1. The highest BCUT2D eigenvalue weighted by Gasteiger charge is 2.17. The van der Waals surface area contributed by atoms with Crippen LogP contribution in [0.5, 0.6) is 0 Å². The SMILES string of the molecule is COCc1ccc(S(N)(=O)=O)cc1-c1cc2cc[nH]c(=O)c2c(Nc2ccc(N3CCOCC3)cc2)n1. The molecule has 0 bridgehead atoms. The van der Waals surface area contributed by atoms with E-state index in [0.29, 0.717) is 41.1 Å². The number of sulfonamides is 1. The second-order valence-corrected chi connectivity index (χ2v) is 10.3. The fourth-order valence-corrected chi connectivity index (χ4v) is 4.95. The van der Waals surface area contributed by atoms with Crippen LogP contribution in [0.25, 0.3) is 22.0 Å². The second-order valence-electron chi connectivity index (χ2n) is 8.70. The molecule has 4 N–H and O–H groups in total. The van der Waals surface area contributed by atoms with Gasteiger partial charge in [-0.3, -0.25) is 4.79 Å². The molecule has 0 saturated carbocycles. The normalized spacial score (nSPS) is 14.2. The highest BCUT2D eigenvalue weighted by molar-refractivity contribution is 7.89. The number of fused-ring (bicyclic) bond motifs is 1. The summed E-state index contributed by atoms with van der Waals surface area (Å²) in [5.41, 5.74) is 3.29. The van der Waals surface area contributed by atoms with Gasteiger partial charge in [0.1, 0.15) is 5.82 Å². The number of hydrogen-bond donors (Lipinski definition) is 3. The first-order chi connectivity index (χ1) is 17.8. The lowest BCUT2D eigenvalue weighted by Crippen LogP contribution is -2.36. The maximum absolute atomic E-state index is 12.8. The van der Waals surface area contributed by atoms with Crippen molar-refractivity contribution in [1.29, 1.82) is 0 Å². The molecule has 2 aromatic carbocycles. The predicted octanol–water partition coefficient (Wildman–Crippen LogP) is 2.96. The second kappa shape index (κ2) is 10.3. The van der Waals surface area contributed by atoms with Crippen LogP contribution in [-0.2, 0) is 26.1 Å². The van der Waals surface area contributed by atoms with E-state index in [1.807, 2.05) is 24.3 Å². The van der Waals surface area contributed by atoms with Gasteiger partial charge in [0.2, 0.25) is 10.0 Å². The largest absolute Gasteiger partial charge is 0.380 e. The lowest BCUT2D eigenvalue weighted by atomic mass is 10.0. The summed E-state index contributed by atoms with van der Waals surface area (Å²) >= 11 is 0. The lowest BCUT2D eigenvalue weighted by molar-refractivity contribution is 0.122. The maximum atomic E-state index is 12.8. The Morgan fingerprint density at radius 3 is 2.57 bits per heavy atom. The number of anilines is 3. The van der Waals surface area contributed by atoms with Crippen molar-refractivity contribution >= 4 is 38.0 Å². The minimum Gasteiger partial charge on any atom is -0.380 e. The first kappa shape index (κ1) is 24.9. The summed E-state index contributed by atoms with van der Waals surface area (Å²) in [6.07, 6.45) is 1.56. The Balaban J connectivity index is 1.59. The van der Waals surface area contributed by atoms with Gasteiger partial charge in [-0.2, -0.15) is 0 Å². The number of methoxy groups -OCH3 is 1. The average molecular weight is 522 g/mol. The summed E-state index contributed by atoms with van der Waals surface area (Å²) in [4.78, 5) is 22.5. The third-order valence-corrected chi connectivity index (χ3v) is 7.16. The number of aromatic nitrogens is 2. The number of H-pyrrole nitrogens is 1. The topological polar surface area (TPSA) is 140 Å². The molecule has 0 unspecified atom stereocenters. The van der Waals surface area contributed by atoms with Crippen molar-refractivity contribution in [2.24, 2.45) is 5.14 Å². The molecule has 1 fully saturated rings. The van der Waals surface area contributed by atoms with Gasteiger partial charge in [0.05, 0.1) is 35.8 Å². The number of nitrogens with zero attached hydrogens (tertiary/aromatic N) is 2. The van der Waals surface area contributed by atoms with Crippen LogP contribution in [0.4, 0.5) is 17.2 Å². The minimum absolute atomic E-state index is 0.0385. The number of nitrogens with one attached hydrogen (secondary N) is 2. The van der Waals surface area contributed by atoms with Gasteiger partial charge in [0, 0.05) is 43.3 Å². The van der Waals surface area contributed by atoms with E-state index in [0.717, 1.165) is 30.0 Å². The monoisotopic (exact) mass is 521 g/mol. The van der Waals surface area contributed by atoms with Crippen molar-refractivity contribution in [3.05, 3.63) is 76.7 Å². The van der Waals surface area contributed by atoms with Crippen molar-refractivity contribution in [3.63, 3.8) is 0 Å². The molecule has 0 spiro atoms. The highest BCUT2D eigenvalue weighted by Crippen LogP contribution is 2.32. The van der Waals surface area contributed by atoms with Crippen LogP contribution in [0.15, 0.2) is 70.5 Å². The summed E-state index contributed by atoms with van der Waals surface area (Å²) in [6, 6.07) is 16.0. The molecule has 3 heterocycles. The van der Waals surface area contributed by atoms with E-state index in [9.17, 15) is 13.2 Å². The number of primary sulfonamides is 1. The number of benzene rings is 2. The molecule has 11 heteroatoms. The zero-order valence-corrected chi connectivity index (χ0v) is 21.0. The third-order valence-electron chi connectivity index (χ3n) is 6.25. The molecule has 5 rings (SSSR count). The molecule has 1 saturated heterocycles. The van der Waals surface area contributed by atoms with Crippen LogP contribution in [0.1, 0.15) is 5.56 Å². The molecule has 192 valence electrons. The molecule has 0 aliphatic carbocycles. The van der Waals surface area contributed by atoms with Crippen LogP contribution in [-0.4, -0.2) is 51.8 Å². The smallest absolute Gasteiger partial charge is 0.259 e. The summed E-state index contributed by atoms with van der Waals surface area (Å²) in [7, 11) is -2.38. The van der Waals surface area contributed by atoms with Gasteiger partial charge in [0.15, 0.2) is 0 Å². The maximum Gasteiger partial charge on any atom is 0.259 e. The first-order valence-electron chi connectivity index (χ1n) is 11.7. The molecule has 1 aliphatic rings. The minimum atomic E-state index is -3.94. The van der Waals surface area contributed by atoms with Gasteiger partial charge in [-0.1, -0.05) is 6.07 Å². The number of morpholine rings is 1. The molecule has 2 aromatic heterocycles. The first-order valence-corrected chi connectivity index (χ1v) is 13.3. The van der Waals surface area contributed by atoms with E-state index in [2.05, 4.69) is 15.2 Å². The van der Waals surface area contributed by atoms with Crippen molar-refractivity contribution in [2.75, 3.05) is 43.6 Å². The summed E-state index contributed by atoms with van der Waals surface area (Å²) in [5.74, 6) is 0.345.